The molecule has 0 aromatic rings. The number of carbonyl (C=O) groups excluding carboxylic acids is 1. The van der Waals surface area contributed by atoms with Crippen LogP contribution >= 0.6 is 0 Å². The van der Waals surface area contributed by atoms with E-state index in [9.17, 15) is 4.79 Å². The molecule has 0 fully saturated rings. The first-order valence-corrected chi connectivity index (χ1v) is 3.51. The molecule has 0 aromatic heterocycles. The molecule has 0 atom stereocenters. The van der Waals surface area contributed by atoms with E-state index in [1.165, 1.54) is 5.57 Å². The van der Waals surface area contributed by atoms with Crippen LogP contribution in [0.5, 0.6) is 0 Å². The molecule has 10 heavy (non-hydrogen) atoms. The summed E-state index contributed by atoms with van der Waals surface area (Å²) in [5.41, 5.74) is 1.21. The predicted molar refractivity (Wildman–Crippen MR) is 43.9 cm³/mol. The Labute approximate surface area is 62.4 Å². The lowest BCUT2D eigenvalue weighted by atomic mass is 10.2. The summed E-state index contributed by atoms with van der Waals surface area (Å²) >= 11 is 0. The molecule has 0 aromatic carbocycles. The molecule has 0 aliphatic rings. The zero-order chi connectivity index (χ0) is 7.98. The maximum absolute atomic E-state index is 10.7. The van der Waals surface area contributed by atoms with Crippen molar-refractivity contribution in [3.8, 4) is 0 Å². The van der Waals surface area contributed by atoms with Crippen LogP contribution in [0.3, 0.4) is 0 Å². The van der Waals surface area contributed by atoms with E-state index >= 15 is 0 Å². The molecule has 0 aliphatic carbocycles. The Morgan fingerprint density at radius 3 is 2.40 bits per heavy atom. The fraction of sp³-hybridized carbons (Fsp3) is 0.444. The highest BCUT2D eigenvalue weighted by Crippen LogP contribution is 1.90. The minimum absolute atomic E-state index is 0.178. The van der Waals surface area contributed by atoms with E-state index in [1.54, 1.807) is 12.2 Å². The van der Waals surface area contributed by atoms with Gasteiger partial charge in [0.2, 0.25) is 0 Å². The molecule has 0 bridgehead atoms. The first kappa shape index (κ1) is 9.15. The Balaban J connectivity index is 3.77. The van der Waals surface area contributed by atoms with Gasteiger partial charge in [0.05, 0.1) is 0 Å². The lowest BCUT2D eigenvalue weighted by Gasteiger charge is -1.83. The topological polar surface area (TPSA) is 17.1 Å². The summed E-state index contributed by atoms with van der Waals surface area (Å²) in [6.45, 7) is 5.86. The van der Waals surface area contributed by atoms with Crippen LogP contribution in [0.15, 0.2) is 23.8 Å². The average Bonchev–Trinajstić information content (AvgIpc) is 1.87. The molecule has 0 rings (SSSR count). The fourth-order valence-electron chi connectivity index (χ4n) is 0.466. The number of allylic oxidation sites excluding steroid dienone is 4. The van der Waals surface area contributed by atoms with Crippen LogP contribution in [-0.4, -0.2) is 5.78 Å². The van der Waals surface area contributed by atoms with Gasteiger partial charge in [-0.05, 0) is 19.9 Å². The minimum atomic E-state index is 0.178. The van der Waals surface area contributed by atoms with Gasteiger partial charge in [-0.2, -0.15) is 0 Å². The standard InChI is InChI=1S/C9H14O/c1-4-9(10)7-5-6-8(2)3/h5-7H,4H2,1-3H3. The van der Waals surface area contributed by atoms with E-state index < -0.39 is 0 Å². The third-order valence-corrected chi connectivity index (χ3v) is 1.06. The zero-order valence-corrected chi connectivity index (χ0v) is 6.85. The van der Waals surface area contributed by atoms with Gasteiger partial charge in [0.15, 0.2) is 5.78 Å². The summed E-state index contributed by atoms with van der Waals surface area (Å²) in [6, 6.07) is 0. The van der Waals surface area contributed by atoms with Gasteiger partial charge in [-0.15, -0.1) is 0 Å². The van der Waals surface area contributed by atoms with Crippen molar-refractivity contribution in [2.45, 2.75) is 27.2 Å². The van der Waals surface area contributed by atoms with Gasteiger partial charge in [-0.25, -0.2) is 0 Å². The first-order valence-electron chi connectivity index (χ1n) is 3.51. The van der Waals surface area contributed by atoms with Crippen LogP contribution in [0.25, 0.3) is 0 Å². The minimum Gasteiger partial charge on any atom is -0.295 e. The quantitative estimate of drug-likeness (QED) is 0.432. The van der Waals surface area contributed by atoms with Crippen LogP contribution < -0.4 is 0 Å². The van der Waals surface area contributed by atoms with E-state index in [2.05, 4.69) is 0 Å². The molecule has 56 valence electrons. The summed E-state index contributed by atoms with van der Waals surface area (Å²) in [6.07, 6.45) is 5.91. The van der Waals surface area contributed by atoms with Gasteiger partial charge in [0, 0.05) is 6.42 Å². The van der Waals surface area contributed by atoms with E-state index in [0.717, 1.165) is 0 Å². The summed E-state index contributed by atoms with van der Waals surface area (Å²) < 4.78 is 0. The maximum atomic E-state index is 10.7. The van der Waals surface area contributed by atoms with Crippen LogP contribution in [0.2, 0.25) is 0 Å². The van der Waals surface area contributed by atoms with Crippen molar-refractivity contribution in [1.29, 1.82) is 0 Å². The lowest BCUT2D eigenvalue weighted by molar-refractivity contribution is -0.114. The number of ketones is 1. The Hall–Kier alpha value is -0.850. The summed E-state index contributed by atoms with van der Waals surface area (Å²) in [7, 11) is 0. The highest BCUT2D eigenvalue weighted by molar-refractivity contribution is 5.89. The van der Waals surface area contributed by atoms with Crippen LogP contribution in [-0.2, 0) is 4.79 Å². The van der Waals surface area contributed by atoms with E-state index in [0.29, 0.717) is 6.42 Å². The maximum Gasteiger partial charge on any atom is 0.155 e. The number of rotatable bonds is 3. The van der Waals surface area contributed by atoms with Crippen LogP contribution in [0, 0.1) is 0 Å². The van der Waals surface area contributed by atoms with Gasteiger partial charge in [0.25, 0.3) is 0 Å². The Bertz CT molecular complexity index is 160. The molecule has 0 radical (unpaired) electrons. The molecule has 0 aliphatic heterocycles. The molecular formula is C9H14O. The first-order chi connectivity index (χ1) is 4.66. The van der Waals surface area contributed by atoms with Crippen molar-refractivity contribution in [3.63, 3.8) is 0 Å². The fourth-order valence-corrected chi connectivity index (χ4v) is 0.466. The van der Waals surface area contributed by atoms with Crippen molar-refractivity contribution in [2.75, 3.05) is 0 Å². The van der Waals surface area contributed by atoms with Gasteiger partial charge in [-0.3, -0.25) is 4.79 Å². The van der Waals surface area contributed by atoms with Crippen molar-refractivity contribution < 1.29 is 4.79 Å². The van der Waals surface area contributed by atoms with Gasteiger partial charge in [-0.1, -0.05) is 24.6 Å². The second kappa shape index (κ2) is 4.98. The third kappa shape index (κ3) is 5.29. The predicted octanol–water partition coefficient (Wildman–Crippen LogP) is 2.49. The van der Waals surface area contributed by atoms with Gasteiger partial charge < -0.3 is 0 Å². The normalized spacial score (nSPS) is 9.90. The molecule has 0 heterocycles. The lowest BCUT2D eigenvalue weighted by Crippen LogP contribution is -1.85. The van der Waals surface area contributed by atoms with Crippen LogP contribution in [0.4, 0.5) is 0 Å². The summed E-state index contributed by atoms with van der Waals surface area (Å²) in [5, 5.41) is 0. The van der Waals surface area contributed by atoms with Gasteiger partial charge in [0.1, 0.15) is 0 Å². The third-order valence-electron chi connectivity index (χ3n) is 1.06. The Morgan fingerprint density at radius 2 is 2.00 bits per heavy atom. The van der Waals surface area contributed by atoms with Crippen LogP contribution in [0.1, 0.15) is 27.2 Å². The SMILES string of the molecule is CCC(=O)C=CC=C(C)C. The van der Waals surface area contributed by atoms with Crippen molar-refractivity contribution in [2.24, 2.45) is 0 Å². The number of carbonyl (C=O) groups is 1. The molecule has 0 saturated carbocycles. The monoisotopic (exact) mass is 138 g/mol. The second-order valence-corrected chi connectivity index (χ2v) is 2.42. The molecule has 1 heteroatoms. The van der Waals surface area contributed by atoms with Crippen molar-refractivity contribution in [1.82, 2.24) is 0 Å². The van der Waals surface area contributed by atoms with E-state index in [4.69, 9.17) is 0 Å². The molecule has 1 nitrogen and oxygen atoms in total. The Morgan fingerprint density at radius 1 is 1.40 bits per heavy atom. The van der Waals surface area contributed by atoms with Crippen molar-refractivity contribution >= 4 is 5.78 Å². The largest absolute Gasteiger partial charge is 0.295 e. The average molecular weight is 138 g/mol. The highest BCUT2D eigenvalue weighted by Gasteiger charge is 1.85. The van der Waals surface area contributed by atoms with E-state index in [1.807, 2.05) is 26.8 Å². The highest BCUT2D eigenvalue weighted by atomic mass is 16.1. The summed E-state index contributed by atoms with van der Waals surface area (Å²) in [5.74, 6) is 0.178. The molecule has 0 amide bonds. The smallest absolute Gasteiger partial charge is 0.155 e. The Kier molecular flexibility index (Phi) is 4.55. The van der Waals surface area contributed by atoms with E-state index in [-0.39, 0.29) is 5.78 Å². The molecular weight excluding hydrogens is 124 g/mol. The molecule has 0 saturated heterocycles. The zero-order valence-electron chi connectivity index (χ0n) is 6.85. The number of hydrogen-bond donors (Lipinski definition) is 0. The molecule has 0 N–H and O–H groups in total. The van der Waals surface area contributed by atoms with Crippen molar-refractivity contribution in [3.05, 3.63) is 23.8 Å². The molecule has 0 spiro atoms. The summed E-state index contributed by atoms with van der Waals surface area (Å²) in [4.78, 5) is 10.7. The van der Waals surface area contributed by atoms with Gasteiger partial charge >= 0.3 is 0 Å². The number of hydrogen-bond acceptors (Lipinski definition) is 1. The molecule has 0 unspecified atom stereocenters. The second-order valence-electron chi connectivity index (χ2n) is 2.42.